The number of amides is 2. The van der Waals surface area contributed by atoms with E-state index in [1.807, 2.05) is 0 Å². The van der Waals surface area contributed by atoms with Gasteiger partial charge in [-0.3, -0.25) is 0 Å². The lowest BCUT2D eigenvalue weighted by Crippen LogP contribution is -2.30. The molecular formula is C15H20Cl2N2O. The lowest BCUT2D eigenvalue weighted by atomic mass is 9.87. The van der Waals surface area contributed by atoms with Crippen LogP contribution in [-0.2, 0) is 0 Å². The lowest BCUT2D eigenvalue weighted by molar-refractivity contribution is 0.250. The summed E-state index contributed by atoms with van der Waals surface area (Å²) in [7, 11) is 0. The van der Waals surface area contributed by atoms with Crippen LogP contribution >= 0.6 is 23.2 Å². The summed E-state index contributed by atoms with van der Waals surface area (Å²) in [6, 6.07) is 4.79. The van der Waals surface area contributed by atoms with Gasteiger partial charge in [-0.1, -0.05) is 55.3 Å². The summed E-state index contributed by atoms with van der Waals surface area (Å²) in [6.07, 6.45) is 7.67. The number of halogens is 2. The maximum absolute atomic E-state index is 11.8. The molecule has 110 valence electrons. The summed E-state index contributed by atoms with van der Waals surface area (Å²) in [4.78, 5) is 11.8. The van der Waals surface area contributed by atoms with Crippen molar-refractivity contribution < 1.29 is 4.79 Å². The third-order valence-corrected chi connectivity index (χ3v) is 4.29. The molecule has 2 rings (SSSR count). The second-order valence-electron chi connectivity index (χ2n) is 5.30. The Hall–Kier alpha value is -0.930. The van der Waals surface area contributed by atoms with Gasteiger partial charge in [-0.05, 0) is 30.5 Å². The standard InChI is InChI=1S/C15H20Cl2N2O/c16-12-6-7-14(13(17)10-12)19-15(20)18-9-8-11-4-2-1-3-5-11/h6-7,10-11H,1-5,8-9H2,(H2,18,19,20). The molecule has 0 aromatic heterocycles. The first-order valence-corrected chi connectivity index (χ1v) is 7.90. The van der Waals surface area contributed by atoms with Gasteiger partial charge < -0.3 is 10.6 Å². The molecule has 5 heteroatoms. The predicted molar refractivity (Wildman–Crippen MR) is 84.7 cm³/mol. The van der Waals surface area contributed by atoms with Crippen LogP contribution in [0.15, 0.2) is 18.2 Å². The highest BCUT2D eigenvalue weighted by Crippen LogP contribution is 2.26. The minimum Gasteiger partial charge on any atom is -0.338 e. The fourth-order valence-electron chi connectivity index (χ4n) is 2.62. The van der Waals surface area contributed by atoms with E-state index in [2.05, 4.69) is 10.6 Å². The molecule has 1 aromatic rings. The van der Waals surface area contributed by atoms with Gasteiger partial charge in [0.1, 0.15) is 0 Å². The van der Waals surface area contributed by atoms with E-state index in [1.165, 1.54) is 32.1 Å². The minimum atomic E-state index is -0.218. The van der Waals surface area contributed by atoms with E-state index in [-0.39, 0.29) is 6.03 Å². The Morgan fingerprint density at radius 1 is 1.20 bits per heavy atom. The summed E-state index contributed by atoms with van der Waals surface area (Å²) in [6.45, 7) is 0.710. The number of urea groups is 1. The molecule has 0 spiro atoms. The molecule has 1 aromatic carbocycles. The van der Waals surface area contributed by atoms with Crippen molar-refractivity contribution in [1.29, 1.82) is 0 Å². The summed E-state index contributed by atoms with van der Waals surface area (Å²) in [5.74, 6) is 0.767. The first kappa shape index (κ1) is 15.5. The van der Waals surface area contributed by atoms with Gasteiger partial charge in [0.15, 0.2) is 0 Å². The zero-order chi connectivity index (χ0) is 14.4. The molecule has 1 aliphatic rings. The van der Waals surface area contributed by atoms with Gasteiger partial charge in [0.25, 0.3) is 0 Å². The van der Waals surface area contributed by atoms with E-state index < -0.39 is 0 Å². The van der Waals surface area contributed by atoms with Crippen molar-refractivity contribution in [3.05, 3.63) is 28.2 Å². The Bertz CT molecular complexity index is 459. The number of anilines is 1. The Kier molecular flexibility index (Phi) is 5.99. The molecule has 0 bridgehead atoms. The van der Waals surface area contributed by atoms with Crippen LogP contribution in [0.3, 0.4) is 0 Å². The fraction of sp³-hybridized carbons (Fsp3) is 0.533. The number of hydrogen-bond acceptors (Lipinski definition) is 1. The Morgan fingerprint density at radius 3 is 2.65 bits per heavy atom. The van der Waals surface area contributed by atoms with Gasteiger partial charge in [-0.15, -0.1) is 0 Å². The molecule has 1 aliphatic carbocycles. The van der Waals surface area contributed by atoms with Crippen molar-refractivity contribution >= 4 is 34.9 Å². The first-order chi connectivity index (χ1) is 9.65. The van der Waals surface area contributed by atoms with Crippen LogP contribution in [0, 0.1) is 5.92 Å². The summed E-state index contributed by atoms with van der Waals surface area (Å²) in [5.41, 5.74) is 0.575. The molecule has 0 unspecified atom stereocenters. The number of benzene rings is 1. The van der Waals surface area contributed by atoms with Gasteiger partial charge >= 0.3 is 6.03 Å². The highest BCUT2D eigenvalue weighted by molar-refractivity contribution is 6.36. The van der Waals surface area contributed by atoms with Crippen LogP contribution in [0.2, 0.25) is 10.0 Å². The van der Waals surface area contributed by atoms with Gasteiger partial charge in [0.05, 0.1) is 10.7 Å². The topological polar surface area (TPSA) is 41.1 Å². The molecular weight excluding hydrogens is 295 g/mol. The predicted octanol–water partition coefficient (Wildman–Crippen LogP) is 5.09. The van der Waals surface area contributed by atoms with E-state index >= 15 is 0 Å². The van der Waals surface area contributed by atoms with Crippen molar-refractivity contribution in [1.82, 2.24) is 5.32 Å². The lowest BCUT2D eigenvalue weighted by Gasteiger charge is -2.21. The summed E-state index contributed by atoms with van der Waals surface area (Å²) < 4.78 is 0. The largest absolute Gasteiger partial charge is 0.338 e. The number of rotatable bonds is 4. The van der Waals surface area contributed by atoms with Gasteiger partial charge in [-0.2, -0.15) is 0 Å². The molecule has 0 heterocycles. The maximum Gasteiger partial charge on any atom is 0.319 e. The average Bonchev–Trinajstić information content (AvgIpc) is 2.43. The number of carbonyl (C=O) groups is 1. The molecule has 0 atom stereocenters. The smallest absolute Gasteiger partial charge is 0.319 e. The number of carbonyl (C=O) groups excluding carboxylic acids is 1. The van der Waals surface area contributed by atoms with Crippen molar-refractivity contribution in [2.45, 2.75) is 38.5 Å². The summed E-state index contributed by atoms with van der Waals surface area (Å²) >= 11 is 11.8. The molecule has 0 saturated heterocycles. The van der Waals surface area contributed by atoms with E-state index in [9.17, 15) is 4.79 Å². The second kappa shape index (κ2) is 7.75. The third-order valence-electron chi connectivity index (χ3n) is 3.74. The SMILES string of the molecule is O=C(NCCC1CCCCC1)Nc1ccc(Cl)cc1Cl. The van der Waals surface area contributed by atoms with E-state index in [1.54, 1.807) is 18.2 Å². The number of hydrogen-bond donors (Lipinski definition) is 2. The molecule has 0 radical (unpaired) electrons. The van der Waals surface area contributed by atoms with Crippen LogP contribution in [0.5, 0.6) is 0 Å². The first-order valence-electron chi connectivity index (χ1n) is 7.15. The van der Waals surface area contributed by atoms with Gasteiger partial charge in [0.2, 0.25) is 0 Å². The molecule has 1 fully saturated rings. The van der Waals surface area contributed by atoms with Crippen molar-refractivity contribution in [2.75, 3.05) is 11.9 Å². The highest BCUT2D eigenvalue weighted by atomic mass is 35.5. The minimum absolute atomic E-state index is 0.218. The molecule has 3 nitrogen and oxygen atoms in total. The fourth-order valence-corrected chi connectivity index (χ4v) is 3.08. The quantitative estimate of drug-likeness (QED) is 0.799. The summed E-state index contributed by atoms with van der Waals surface area (Å²) in [5, 5.41) is 6.61. The molecule has 0 aliphatic heterocycles. The van der Waals surface area contributed by atoms with Crippen molar-refractivity contribution in [2.24, 2.45) is 5.92 Å². The van der Waals surface area contributed by atoms with Crippen LogP contribution in [-0.4, -0.2) is 12.6 Å². The molecule has 20 heavy (non-hydrogen) atoms. The Balaban J connectivity index is 1.72. The normalized spacial score (nSPS) is 15.9. The van der Waals surface area contributed by atoms with Gasteiger partial charge in [0, 0.05) is 11.6 Å². The zero-order valence-electron chi connectivity index (χ0n) is 11.4. The van der Waals surface area contributed by atoms with E-state index in [0.29, 0.717) is 22.3 Å². The zero-order valence-corrected chi connectivity index (χ0v) is 12.9. The molecule has 1 saturated carbocycles. The van der Waals surface area contributed by atoms with Crippen molar-refractivity contribution in [3.8, 4) is 0 Å². The third kappa shape index (κ3) is 4.88. The highest BCUT2D eigenvalue weighted by Gasteiger charge is 2.13. The van der Waals surface area contributed by atoms with Crippen LogP contribution in [0.25, 0.3) is 0 Å². The Labute approximate surface area is 130 Å². The maximum atomic E-state index is 11.8. The second-order valence-corrected chi connectivity index (χ2v) is 6.14. The van der Waals surface area contributed by atoms with Crippen LogP contribution < -0.4 is 10.6 Å². The average molecular weight is 315 g/mol. The molecule has 2 amide bonds. The number of nitrogens with one attached hydrogen (secondary N) is 2. The van der Waals surface area contributed by atoms with Crippen LogP contribution in [0.4, 0.5) is 10.5 Å². The van der Waals surface area contributed by atoms with Crippen molar-refractivity contribution in [3.63, 3.8) is 0 Å². The van der Waals surface area contributed by atoms with E-state index in [4.69, 9.17) is 23.2 Å². The monoisotopic (exact) mass is 314 g/mol. The molecule has 2 N–H and O–H groups in total. The van der Waals surface area contributed by atoms with Crippen LogP contribution in [0.1, 0.15) is 38.5 Å². The Morgan fingerprint density at radius 2 is 1.95 bits per heavy atom. The van der Waals surface area contributed by atoms with E-state index in [0.717, 1.165) is 12.3 Å². The van der Waals surface area contributed by atoms with Gasteiger partial charge in [-0.25, -0.2) is 4.79 Å².